The fourth-order valence-electron chi connectivity index (χ4n) is 2.40. The Labute approximate surface area is 139 Å². The first-order valence-electron chi connectivity index (χ1n) is 8.31. The predicted molar refractivity (Wildman–Crippen MR) is 96.3 cm³/mol. The van der Waals surface area contributed by atoms with Crippen LogP contribution in [0.15, 0.2) is 30.5 Å². The second kappa shape index (κ2) is 7.90. The molecule has 0 aliphatic carbocycles. The first kappa shape index (κ1) is 17.2. The van der Waals surface area contributed by atoms with Gasteiger partial charge in [0, 0.05) is 12.2 Å². The van der Waals surface area contributed by atoms with Gasteiger partial charge in [-0.05, 0) is 23.5 Å². The zero-order valence-corrected chi connectivity index (χ0v) is 14.6. The molecule has 0 aliphatic rings. The summed E-state index contributed by atoms with van der Waals surface area (Å²) in [5, 5.41) is 14.7. The lowest BCUT2D eigenvalue weighted by Gasteiger charge is -2.23. The molecule has 0 aliphatic heterocycles. The normalized spacial score (nSPS) is 11.3. The highest BCUT2D eigenvalue weighted by molar-refractivity contribution is 5.62. The van der Waals surface area contributed by atoms with E-state index in [4.69, 9.17) is 0 Å². The van der Waals surface area contributed by atoms with E-state index < -0.39 is 0 Å². The van der Waals surface area contributed by atoms with Crippen molar-refractivity contribution in [3.63, 3.8) is 0 Å². The average Bonchev–Trinajstić information content (AvgIpc) is 2.51. The van der Waals surface area contributed by atoms with E-state index in [1.54, 1.807) is 6.20 Å². The number of hydrogen-bond donors (Lipinski definition) is 2. The number of aromatic nitrogens is 3. The second-order valence-electron chi connectivity index (χ2n) is 6.72. The number of anilines is 3. The van der Waals surface area contributed by atoms with Crippen LogP contribution in [0, 0.1) is 0 Å². The van der Waals surface area contributed by atoms with Crippen LogP contribution < -0.4 is 10.6 Å². The summed E-state index contributed by atoms with van der Waals surface area (Å²) >= 11 is 0. The molecule has 2 N–H and O–H groups in total. The zero-order valence-electron chi connectivity index (χ0n) is 14.6. The molecular formula is C18H27N5. The molecule has 0 saturated heterocycles. The number of rotatable bonds is 7. The third-order valence-corrected chi connectivity index (χ3v) is 3.62. The summed E-state index contributed by atoms with van der Waals surface area (Å²) in [5.74, 6) is 1.27. The van der Waals surface area contributed by atoms with Crippen molar-refractivity contribution in [2.75, 3.05) is 17.2 Å². The van der Waals surface area contributed by atoms with E-state index in [1.807, 2.05) is 6.07 Å². The number of benzene rings is 1. The van der Waals surface area contributed by atoms with Gasteiger partial charge in [0.15, 0.2) is 5.82 Å². The topological polar surface area (TPSA) is 62.7 Å². The smallest absolute Gasteiger partial charge is 0.244 e. The number of nitrogens with zero attached hydrogens (tertiary/aromatic N) is 3. The Kier molecular flexibility index (Phi) is 5.90. The van der Waals surface area contributed by atoms with Crippen molar-refractivity contribution in [3.8, 4) is 0 Å². The maximum atomic E-state index is 4.49. The van der Waals surface area contributed by atoms with Crippen LogP contribution in [-0.4, -0.2) is 21.7 Å². The summed E-state index contributed by atoms with van der Waals surface area (Å²) in [4.78, 5) is 4.49. The lowest BCUT2D eigenvalue weighted by molar-refractivity contribution is 0.592. The molecule has 124 valence electrons. The van der Waals surface area contributed by atoms with Crippen LogP contribution in [0.25, 0.3) is 0 Å². The van der Waals surface area contributed by atoms with Gasteiger partial charge in [0.25, 0.3) is 0 Å². The number of para-hydroxylation sites is 1. The van der Waals surface area contributed by atoms with Crippen LogP contribution >= 0.6 is 0 Å². The maximum Gasteiger partial charge on any atom is 0.244 e. The van der Waals surface area contributed by atoms with Gasteiger partial charge >= 0.3 is 0 Å². The number of nitrogens with one attached hydrogen (secondary N) is 2. The van der Waals surface area contributed by atoms with E-state index in [1.165, 1.54) is 18.4 Å². The van der Waals surface area contributed by atoms with Crippen molar-refractivity contribution >= 4 is 17.5 Å². The first-order chi connectivity index (χ1) is 11.0. The minimum Gasteiger partial charge on any atom is -0.353 e. The van der Waals surface area contributed by atoms with E-state index in [0.29, 0.717) is 11.8 Å². The molecule has 0 spiro atoms. The van der Waals surface area contributed by atoms with Gasteiger partial charge in [-0.25, -0.2) is 0 Å². The fourth-order valence-corrected chi connectivity index (χ4v) is 2.40. The highest BCUT2D eigenvalue weighted by Crippen LogP contribution is 2.30. The monoisotopic (exact) mass is 313 g/mol. The molecule has 5 nitrogen and oxygen atoms in total. The van der Waals surface area contributed by atoms with Gasteiger partial charge < -0.3 is 10.6 Å². The molecule has 1 heterocycles. The molecule has 0 bridgehead atoms. The van der Waals surface area contributed by atoms with Gasteiger partial charge in [0.2, 0.25) is 5.95 Å². The Bertz CT molecular complexity index is 619. The summed E-state index contributed by atoms with van der Waals surface area (Å²) in [6.07, 6.45) is 5.17. The van der Waals surface area contributed by atoms with E-state index in [0.717, 1.165) is 18.7 Å². The summed E-state index contributed by atoms with van der Waals surface area (Å²) in [6, 6.07) is 8.29. The van der Waals surface area contributed by atoms with Gasteiger partial charge in [0.05, 0.1) is 6.20 Å². The fraction of sp³-hybridized carbons (Fsp3) is 0.500. The van der Waals surface area contributed by atoms with Crippen LogP contribution in [0.4, 0.5) is 17.5 Å². The summed E-state index contributed by atoms with van der Waals surface area (Å²) in [6.45, 7) is 9.66. The molecule has 0 saturated carbocycles. The molecule has 1 aromatic carbocycles. The molecular weight excluding hydrogens is 286 g/mol. The number of hydrogen-bond acceptors (Lipinski definition) is 5. The van der Waals surface area contributed by atoms with Crippen molar-refractivity contribution in [1.29, 1.82) is 0 Å². The Balaban J connectivity index is 2.09. The molecule has 0 atom stereocenters. The Morgan fingerprint density at radius 2 is 1.87 bits per heavy atom. The third kappa shape index (κ3) is 5.20. The van der Waals surface area contributed by atoms with Crippen molar-refractivity contribution in [2.45, 2.75) is 52.4 Å². The molecule has 5 heteroatoms. The standard InChI is InChI=1S/C18H27N5/c1-5-6-9-12-19-17-22-16(13-20-23-17)21-15-11-8-7-10-14(15)18(2,3)4/h7-8,10-11,13H,5-6,9,12H2,1-4H3,(H2,19,21,22,23). The van der Waals surface area contributed by atoms with E-state index in [9.17, 15) is 0 Å². The Morgan fingerprint density at radius 3 is 2.61 bits per heavy atom. The van der Waals surface area contributed by atoms with Crippen molar-refractivity contribution in [2.24, 2.45) is 0 Å². The molecule has 0 radical (unpaired) electrons. The molecule has 0 unspecified atom stereocenters. The van der Waals surface area contributed by atoms with Crippen LogP contribution in [0.1, 0.15) is 52.5 Å². The SMILES string of the molecule is CCCCCNc1nncc(Nc2ccccc2C(C)(C)C)n1. The minimum absolute atomic E-state index is 0.0608. The largest absolute Gasteiger partial charge is 0.353 e. The predicted octanol–water partition coefficient (Wildman–Crippen LogP) is 4.51. The van der Waals surface area contributed by atoms with Crippen LogP contribution in [0.3, 0.4) is 0 Å². The lowest BCUT2D eigenvalue weighted by Crippen LogP contribution is -2.14. The minimum atomic E-state index is 0.0608. The molecule has 1 aromatic heterocycles. The molecule has 2 rings (SSSR count). The average molecular weight is 313 g/mol. The van der Waals surface area contributed by atoms with Gasteiger partial charge in [-0.3, -0.25) is 0 Å². The van der Waals surface area contributed by atoms with Crippen molar-refractivity contribution < 1.29 is 0 Å². The summed E-state index contributed by atoms with van der Waals surface area (Å²) < 4.78 is 0. The van der Waals surface area contributed by atoms with Gasteiger partial charge in [-0.15, -0.1) is 5.10 Å². The highest BCUT2D eigenvalue weighted by Gasteiger charge is 2.17. The number of unbranched alkanes of at least 4 members (excludes halogenated alkanes) is 2. The Morgan fingerprint density at radius 1 is 1.09 bits per heavy atom. The van der Waals surface area contributed by atoms with Crippen molar-refractivity contribution in [3.05, 3.63) is 36.0 Å². The van der Waals surface area contributed by atoms with Crippen LogP contribution in [0.5, 0.6) is 0 Å². The van der Waals surface area contributed by atoms with Gasteiger partial charge in [-0.2, -0.15) is 10.1 Å². The van der Waals surface area contributed by atoms with Crippen LogP contribution in [0.2, 0.25) is 0 Å². The first-order valence-corrected chi connectivity index (χ1v) is 8.31. The third-order valence-electron chi connectivity index (χ3n) is 3.62. The van der Waals surface area contributed by atoms with Gasteiger partial charge in [0.1, 0.15) is 0 Å². The molecule has 2 aromatic rings. The van der Waals surface area contributed by atoms with E-state index in [-0.39, 0.29) is 5.41 Å². The zero-order chi connectivity index (χ0) is 16.7. The van der Waals surface area contributed by atoms with E-state index >= 15 is 0 Å². The molecule has 0 amide bonds. The molecule has 23 heavy (non-hydrogen) atoms. The van der Waals surface area contributed by atoms with Crippen molar-refractivity contribution in [1.82, 2.24) is 15.2 Å². The highest BCUT2D eigenvalue weighted by atomic mass is 15.3. The summed E-state index contributed by atoms with van der Waals surface area (Å²) in [5.41, 5.74) is 2.36. The molecule has 0 fully saturated rings. The second-order valence-corrected chi connectivity index (χ2v) is 6.72. The maximum absolute atomic E-state index is 4.49. The quantitative estimate of drug-likeness (QED) is 0.736. The Hall–Kier alpha value is -2.17. The van der Waals surface area contributed by atoms with E-state index in [2.05, 4.69) is 71.7 Å². The van der Waals surface area contributed by atoms with Gasteiger partial charge in [-0.1, -0.05) is 58.7 Å². The summed E-state index contributed by atoms with van der Waals surface area (Å²) in [7, 11) is 0. The van der Waals surface area contributed by atoms with Crippen LogP contribution in [-0.2, 0) is 5.41 Å². The lowest BCUT2D eigenvalue weighted by atomic mass is 9.86.